The Morgan fingerprint density at radius 1 is 1.25 bits per heavy atom. The van der Waals surface area contributed by atoms with Crippen LogP contribution >= 0.6 is 0 Å². The van der Waals surface area contributed by atoms with Crippen molar-refractivity contribution in [1.29, 1.82) is 4.78 Å². The first-order valence-electron chi connectivity index (χ1n) is 9.91. The number of benzene rings is 2. The zero-order chi connectivity index (χ0) is 22.9. The van der Waals surface area contributed by atoms with E-state index in [1.807, 2.05) is 6.92 Å². The summed E-state index contributed by atoms with van der Waals surface area (Å²) in [6.07, 6.45) is 2.61. The molecule has 0 radical (unpaired) electrons. The summed E-state index contributed by atoms with van der Waals surface area (Å²) in [5.41, 5.74) is 1.46. The Kier molecular flexibility index (Phi) is 5.96. The van der Waals surface area contributed by atoms with Crippen molar-refractivity contribution in [2.45, 2.75) is 25.2 Å². The highest BCUT2D eigenvalue weighted by Gasteiger charge is 2.18. The van der Waals surface area contributed by atoms with Gasteiger partial charge in [0.1, 0.15) is 23.0 Å². The number of ether oxygens (including phenoxy) is 2. The summed E-state index contributed by atoms with van der Waals surface area (Å²) in [5, 5.41) is 3.01. The van der Waals surface area contributed by atoms with Crippen LogP contribution in [-0.4, -0.2) is 33.1 Å². The van der Waals surface area contributed by atoms with E-state index in [0.717, 1.165) is 6.20 Å². The average Bonchev–Trinajstić information content (AvgIpc) is 2.68. The van der Waals surface area contributed by atoms with Crippen LogP contribution in [-0.2, 0) is 15.5 Å². The molecule has 4 rings (SSSR count). The molecule has 0 amide bonds. The SMILES string of the molecule is C[C@H]1CCOc2cc(F)ccc2-c2nc(ncc2F)Nc2cc(C[S@](C)(=N)=O)cc(c2)O1. The molecule has 1 aromatic heterocycles. The monoisotopic (exact) mass is 460 g/mol. The second-order valence-corrected chi connectivity index (χ2v) is 10.0. The van der Waals surface area contributed by atoms with Crippen molar-refractivity contribution in [3.05, 3.63) is 59.8 Å². The van der Waals surface area contributed by atoms with Gasteiger partial charge in [-0.05, 0) is 36.8 Å². The van der Waals surface area contributed by atoms with Gasteiger partial charge in [0.15, 0.2) is 5.82 Å². The molecule has 4 bridgehead atoms. The summed E-state index contributed by atoms with van der Waals surface area (Å²) in [7, 11) is -2.78. The first-order chi connectivity index (χ1) is 15.2. The van der Waals surface area contributed by atoms with Gasteiger partial charge >= 0.3 is 0 Å². The zero-order valence-electron chi connectivity index (χ0n) is 17.5. The number of anilines is 2. The molecule has 2 atom stereocenters. The molecule has 10 heteroatoms. The normalized spacial score (nSPS) is 17.6. The van der Waals surface area contributed by atoms with E-state index in [9.17, 15) is 13.0 Å². The van der Waals surface area contributed by atoms with Crippen molar-refractivity contribution in [3.63, 3.8) is 0 Å². The number of hydrogen-bond donors (Lipinski definition) is 2. The van der Waals surface area contributed by atoms with Gasteiger partial charge in [-0.1, -0.05) is 0 Å². The number of nitrogens with zero attached hydrogens (tertiary/aromatic N) is 2. The molecule has 1 aliphatic rings. The van der Waals surface area contributed by atoms with Gasteiger partial charge in [-0.25, -0.2) is 23.0 Å². The molecule has 1 aliphatic heterocycles. The number of fused-ring (bicyclic) bond motifs is 6. The van der Waals surface area contributed by atoms with Crippen molar-refractivity contribution >= 4 is 21.4 Å². The predicted octanol–water partition coefficient (Wildman–Crippen LogP) is 4.89. The smallest absolute Gasteiger partial charge is 0.227 e. The van der Waals surface area contributed by atoms with Crippen LogP contribution in [0.5, 0.6) is 11.5 Å². The molecular weight excluding hydrogens is 438 g/mol. The van der Waals surface area contributed by atoms with E-state index in [1.54, 1.807) is 18.2 Å². The molecule has 0 saturated heterocycles. The van der Waals surface area contributed by atoms with E-state index < -0.39 is 21.4 Å². The summed E-state index contributed by atoms with van der Waals surface area (Å²) in [6.45, 7) is 2.07. The molecule has 0 aliphatic carbocycles. The topological polar surface area (TPSA) is 97.2 Å². The largest absolute Gasteiger partial charge is 0.493 e. The van der Waals surface area contributed by atoms with Crippen molar-refractivity contribution in [3.8, 4) is 22.8 Å². The number of rotatable bonds is 2. The lowest BCUT2D eigenvalue weighted by Crippen LogP contribution is -2.16. The molecular formula is C22H22F2N4O3S. The predicted molar refractivity (Wildman–Crippen MR) is 118 cm³/mol. The first kappa shape index (κ1) is 21.9. The van der Waals surface area contributed by atoms with E-state index in [4.69, 9.17) is 14.3 Å². The minimum Gasteiger partial charge on any atom is -0.493 e. The van der Waals surface area contributed by atoms with Gasteiger partial charge in [-0.15, -0.1) is 0 Å². The lowest BCUT2D eigenvalue weighted by molar-refractivity contribution is 0.177. The van der Waals surface area contributed by atoms with Crippen LogP contribution < -0.4 is 14.8 Å². The molecule has 2 aromatic carbocycles. The van der Waals surface area contributed by atoms with Crippen LogP contribution in [0.15, 0.2) is 42.6 Å². The Morgan fingerprint density at radius 2 is 2.06 bits per heavy atom. The van der Waals surface area contributed by atoms with Crippen molar-refractivity contribution in [2.24, 2.45) is 0 Å². The third-order valence-electron chi connectivity index (χ3n) is 4.73. The van der Waals surface area contributed by atoms with Gasteiger partial charge in [0.05, 0.1) is 24.7 Å². The fourth-order valence-electron chi connectivity index (χ4n) is 3.38. The third kappa shape index (κ3) is 5.31. The second-order valence-electron chi connectivity index (χ2n) is 7.74. The fraction of sp³-hybridized carbons (Fsp3) is 0.273. The Labute approximate surface area is 184 Å². The average molecular weight is 461 g/mol. The van der Waals surface area contributed by atoms with E-state index in [2.05, 4.69) is 15.3 Å². The van der Waals surface area contributed by atoms with Crippen LogP contribution in [0.2, 0.25) is 0 Å². The molecule has 168 valence electrons. The first-order valence-corrected chi connectivity index (χ1v) is 12.0. The van der Waals surface area contributed by atoms with Gasteiger partial charge < -0.3 is 14.8 Å². The molecule has 3 aromatic rings. The maximum Gasteiger partial charge on any atom is 0.227 e. The van der Waals surface area contributed by atoms with Crippen LogP contribution in [0.1, 0.15) is 18.9 Å². The fourth-order valence-corrected chi connectivity index (χ4v) is 4.19. The number of nitrogens with one attached hydrogen (secondary N) is 2. The highest BCUT2D eigenvalue weighted by Crippen LogP contribution is 2.33. The van der Waals surface area contributed by atoms with E-state index in [-0.39, 0.29) is 35.9 Å². The Bertz CT molecular complexity index is 1270. The summed E-state index contributed by atoms with van der Waals surface area (Å²) in [4.78, 5) is 8.26. The van der Waals surface area contributed by atoms with Crippen LogP contribution in [0.4, 0.5) is 20.4 Å². The van der Waals surface area contributed by atoms with Gasteiger partial charge in [0, 0.05) is 45.8 Å². The second kappa shape index (κ2) is 8.70. The quantitative estimate of drug-likeness (QED) is 0.565. The molecule has 2 N–H and O–H groups in total. The summed E-state index contributed by atoms with van der Waals surface area (Å²) in [5.74, 6) is -0.353. The summed E-state index contributed by atoms with van der Waals surface area (Å²) in [6, 6.07) is 9.00. The molecule has 32 heavy (non-hydrogen) atoms. The Morgan fingerprint density at radius 3 is 2.84 bits per heavy atom. The summed E-state index contributed by atoms with van der Waals surface area (Å²) < 4.78 is 60.0. The third-order valence-corrected chi connectivity index (χ3v) is 5.61. The Balaban J connectivity index is 1.82. The lowest BCUT2D eigenvalue weighted by Gasteiger charge is -2.19. The minimum atomic E-state index is -2.78. The molecule has 2 heterocycles. The molecule has 0 unspecified atom stereocenters. The lowest BCUT2D eigenvalue weighted by atomic mass is 10.1. The van der Waals surface area contributed by atoms with Crippen LogP contribution in [0.3, 0.4) is 0 Å². The molecule has 0 spiro atoms. The maximum atomic E-state index is 14.6. The molecule has 0 saturated carbocycles. The van der Waals surface area contributed by atoms with E-state index in [0.29, 0.717) is 29.0 Å². The van der Waals surface area contributed by atoms with Crippen molar-refractivity contribution in [1.82, 2.24) is 9.97 Å². The van der Waals surface area contributed by atoms with Gasteiger partial charge in [-0.2, -0.15) is 0 Å². The summed E-state index contributed by atoms with van der Waals surface area (Å²) >= 11 is 0. The molecule has 0 fully saturated rings. The highest BCUT2D eigenvalue weighted by molar-refractivity contribution is 7.90. The molecule has 7 nitrogen and oxygen atoms in total. The van der Waals surface area contributed by atoms with Crippen LogP contribution in [0, 0.1) is 16.4 Å². The van der Waals surface area contributed by atoms with Gasteiger partial charge in [0.2, 0.25) is 5.95 Å². The van der Waals surface area contributed by atoms with Gasteiger partial charge in [-0.3, -0.25) is 4.78 Å². The van der Waals surface area contributed by atoms with Gasteiger partial charge in [0.25, 0.3) is 0 Å². The number of hydrogen-bond acceptors (Lipinski definition) is 7. The van der Waals surface area contributed by atoms with Crippen molar-refractivity contribution in [2.75, 3.05) is 18.2 Å². The maximum absolute atomic E-state index is 14.6. The van der Waals surface area contributed by atoms with E-state index in [1.165, 1.54) is 24.5 Å². The number of aromatic nitrogens is 2. The minimum absolute atomic E-state index is 0.0297. The van der Waals surface area contributed by atoms with Crippen LogP contribution in [0.25, 0.3) is 11.3 Å². The Hall–Kier alpha value is -3.27. The number of halogens is 2. The zero-order valence-corrected chi connectivity index (χ0v) is 18.3. The highest BCUT2D eigenvalue weighted by atomic mass is 32.2. The van der Waals surface area contributed by atoms with E-state index >= 15 is 0 Å². The standard InChI is InChI=1S/C22H22F2N4O3S/c1-13-5-6-30-20-9-15(23)3-4-18(20)21-19(24)11-26-22(28-21)27-16-7-14(12-32(2,25)29)8-17(10-16)31-13/h3-4,7-11,13,25H,5-6,12H2,1-2H3,(H,26,27,28)/t13-,32+/m0/s1. The van der Waals surface area contributed by atoms with Crippen molar-refractivity contribution < 1.29 is 22.5 Å².